The Balaban J connectivity index is 4.55. The van der Waals surface area contributed by atoms with Crippen LogP contribution in [0, 0.1) is 11.8 Å². The van der Waals surface area contributed by atoms with Gasteiger partial charge in [0.15, 0.2) is 6.10 Å². The average Bonchev–Trinajstić information content (AvgIpc) is 3.10. The summed E-state index contributed by atoms with van der Waals surface area (Å²) in [5.41, 5.74) is 0. The number of carboxylic acid groups (broad SMARTS) is 1. The van der Waals surface area contributed by atoms with Crippen molar-refractivity contribution in [2.75, 3.05) is 13.2 Å². The van der Waals surface area contributed by atoms with E-state index in [-0.39, 0.29) is 43.4 Å². The summed E-state index contributed by atoms with van der Waals surface area (Å²) in [6, 6.07) is 0. The third kappa shape index (κ3) is 34.2. The molecule has 0 fully saturated rings. The molecule has 0 bridgehead atoms. The number of carbonyl (C=O) groups is 4. The van der Waals surface area contributed by atoms with Gasteiger partial charge in [-0.15, -0.1) is 0 Å². The van der Waals surface area contributed by atoms with Crippen LogP contribution in [0.2, 0.25) is 0 Å². The smallest absolute Gasteiger partial charge is 0.306 e. The molecule has 0 radical (unpaired) electrons. The first-order valence-electron chi connectivity index (χ1n) is 20.7. The number of hydrogen-bond donors (Lipinski definition) is 1. The molecule has 0 spiro atoms. The van der Waals surface area contributed by atoms with Crippen LogP contribution in [-0.2, 0) is 33.4 Å². The Labute approximate surface area is 311 Å². The Morgan fingerprint density at radius 1 is 0.529 bits per heavy atom. The zero-order valence-corrected chi connectivity index (χ0v) is 33.1. The Hall–Kier alpha value is -2.64. The van der Waals surface area contributed by atoms with Crippen LogP contribution < -0.4 is 0 Å². The molecule has 2 atom stereocenters. The van der Waals surface area contributed by atoms with Crippen LogP contribution in [-0.4, -0.2) is 48.3 Å². The molecule has 0 heterocycles. The highest BCUT2D eigenvalue weighted by Crippen LogP contribution is 2.17. The molecule has 8 heteroatoms. The Morgan fingerprint density at radius 3 is 1.41 bits per heavy atom. The molecule has 0 aromatic heterocycles. The molecule has 0 aromatic carbocycles. The van der Waals surface area contributed by atoms with E-state index in [2.05, 4.69) is 38.2 Å². The zero-order chi connectivity index (χ0) is 37.8. The second-order valence-corrected chi connectivity index (χ2v) is 14.5. The molecular formula is C43H76O8. The third-order valence-electron chi connectivity index (χ3n) is 9.21. The highest BCUT2D eigenvalue weighted by molar-refractivity contribution is 5.71. The lowest BCUT2D eigenvalue weighted by molar-refractivity contribution is -0.167. The molecule has 0 saturated carbocycles. The summed E-state index contributed by atoms with van der Waals surface area (Å²) >= 11 is 0. The van der Waals surface area contributed by atoms with Gasteiger partial charge in [0.1, 0.15) is 13.2 Å². The summed E-state index contributed by atoms with van der Waals surface area (Å²) in [5.74, 6) is -2.08. The first kappa shape index (κ1) is 48.4. The number of carboxylic acids is 1. The van der Waals surface area contributed by atoms with E-state index in [9.17, 15) is 19.2 Å². The van der Waals surface area contributed by atoms with Gasteiger partial charge in [0.2, 0.25) is 0 Å². The van der Waals surface area contributed by atoms with Gasteiger partial charge >= 0.3 is 23.9 Å². The van der Waals surface area contributed by atoms with E-state index < -0.39 is 18.0 Å². The fourth-order valence-electron chi connectivity index (χ4n) is 5.74. The number of rotatable bonds is 36. The predicted molar refractivity (Wildman–Crippen MR) is 207 cm³/mol. The van der Waals surface area contributed by atoms with Crippen LogP contribution in [0.3, 0.4) is 0 Å². The minimum Gasteiger partial charge on any atom is -0.481 e. The minimum absolute atomic E-state index is 0.0920. The number of unbranched alkanes of at least 4 members (excludes halogenated alkanes) is 16. The maximum absolute atomic E-state index is 12.8. The summed E-state index contributed by atoms with van der Waals surface area (Å²) in [6.07, 6.45) is 33.0. The topological polar surface area (TPSA) is 116 Å². The molecule has 296 valence electrons. The summed E-state index contributed by atoms with van der Waals surface area (Å²) in [4.78, 5) is 48.7. The largest absolute Gasteiger partial charge is 0.481 e. The second kappa shape index (κ2) is 35.7. The van der Waals surface area contributed by atoms with Crippen molar-refractivity contribution in [1.29, 1.82) is 0 Å². The predicted octanol–water partition coefficient (Wildman–Crippen LogP) is 11.6. The van der Waals surface area contributed by atoms with Gasteiger partial charge in [-0.25, -0.2) is 0 Å². The van der Waals surface area contributed by atoms with Crippen molar-refractivity contribution in [3.05, 3.63) is 24.3 Å². The highest BCUT2D eigenvalue weighted by atomic mass is 16.6. The molecule has 0 aliphatic carbocycles. The average molecular weight is 721 g/mol. The minimum atomic E-state index is -0.842. The van der Waals surface area contributed by atoms with Crippen molar-refractivity contribution in [3.8, 4) is 0 Å². The Bertz CT molecular complexity index is 879. The van der Waals surface area contributed by atoms with Crippen molar-refractivity contribution >= 4 is 23.9 Å². The Morgan fingerprint density at radius 2 is 0.941 bits per heavy atom. The molecule has 0 aromatic rings. The molecule has 51 heavy (non-hydrogen) atoms. The summed E-state index contributed by atoms with van der Waals surface area (Å²) in [7, 11) is 0. The van der Waals surface area contributed by atoms with Crippen LogP contribution in [0.1, 0.15) is 195 Å². The lowest BCUT2D eigenvalue weighted by Gasteiger charge is -2.19. The molecule has 0 aliphatic rings. The van der Waals surface area contributed by atoms with Gasteiger partial charge < -0.3 is 19.3 Å². The first-order valence-corrected chi connectivity index (χ1v) is 20.7. The van der Waals surface area contributed by atoms with Gasteiger partial charge in [-0.2, -0.15) is 0 Å². The summed E-state index contributed by atoms with van der Waals surface area (Å²) < 4.78 is 16.6. The van der Waals surface area contributed by atoms with E-state index in [1.807, 2.05) is 6.92 Å². The number of esters is 3. The molecule has 1 N–H and O–H groups in total. The second-order valence-electron chi connectivity index (χ2n) is 14.5. The first-order chi connectivity index (χ1) is 24.7. The number of hydrogen-bond acceptors (Lipinski definition) is 7. The lowest BCUT2D eigenvalue weighted by Crippen LogP contribution is -2.31. The molecule has 8 nitrogen and oxygen atoms in total. The SMILES string of the molecule is CCCC/C=C\CCCCCCCC(=O)OCC(COC(=O)CCCCCCC/C=C\CCCC)OC(=O)CC(C)CCCCCC(C)C(=O)O. The van der Waals surface area contributed by atoms with Crippen LogP contribution in [0.5, 0.6) is 0 Å². The van der Waals surface area contributed by atoms with Gasteiger partial charge in [0.25, 0.3) is 0 Å². The van der Waals surface area contributed by atoms with Gasteiger partial charge in [-0.05, 0) is 63.7 Å². The fraction of sp³-hybridized carbons (Fsp3) is 0.814. The van der Waals surface area contributed by atoms with Gasteiger partial charge in [-0.3, -0.25) is 19.2 Å². The maximum Gasteiger partial charge on any atom is 0.306 e. The Kier molecular flexibility index (Phi) is 33.9. The number of carbonyl (C=O) groups excluding carboxylic acids is 3. The quantitative estimate of drug-likeness (QED) is 0.0294. The highest BCUT2D eigenvalue weighted by Gasteiger charge is 2.21. The van der Waals surface area contributed by atoms with Crippen molar-refractivity contribution in [1.82, 2.24) is 0 Å². The van der Waals surface area contributed by atoms with E-state index in [1.54, 1.807) is 6.92 Å². The van der Waals surface area contributed by atoms with E-state index in [1.165, 1.54) is 38.5 Å². The van der Waals surface area contributed by atoms with Crippen molar-refractivity contribution < 1.29 is 38.5 Å². The van der Waals surface area contributed by atoms with Crippen molar-refractivity contribution in [2.24, 2.45) is 11.8 Å². The monoisotopic (exact) mass is 721 g/mol. The maximum atomic E-state index is 12.8. The normalized spacial score (nSPS) is 12.8. The molecule has 0 saturated heterocycles. The van der Waals surface area contributed by atoms with Crippen LogP contribution >= 0.6 is 0 Å². The summed E-state index contributed by atoms with van der Waals surface area (Å²) in [5, 5.41) is 9.04. The van der Waals surface area contributed by atoms with Gasteiger partial charge in [0, 0.05) is 19.3 Å². The zero-order valence-electron chi connectivity index (χ0n) is 33.1. The molecule has 0 amide bonds. The van der Waals surface area contributed by atoms with E-state index in [4.69, 9.17) is 19.3 Å². The van der Waals surface area contributed by atoms with E-state index in [0.29, 0.717) is 19.3 Å². The van der Waals surface area contributed by atoms with Crippen LogP contribution in [0.15, 0.2) is 24.3 Å². The number of aliphatic carboxylic acids is 1. The van der Waals surface area contributed by atoms with Crippen LogP contribution in [0.25, 0.3) is 0 Å². The van der Waals surface area contributed by atoms with E-state index in [0.717, 1.165) is 103 Å². The van der Waals surface area contributed by atoms with Gasteiger partial charge in [0.05, 0.1) is 5.92 Å². The molecule has 0 aliphatic heterocycles. The van der Waals surface area contributed by atoms with E-state index >= 15 is 0 Å². The van der Waals surface area contributed by atoms with Gasteiger partial charge in [-0.1, -0.05) is 142 Å². The van der Waals surface area contributed by atoms with Crippen molar-refractivity contribution in [2.45, 2.75) is 201 Å². The summed E-state index contributed by atoms with van der Waals surface area (Å²) in [6.45, 7) is 7.86. The fourth-order valence-corrected chi connectivity index (χ4v) is 5.74. The third-order valence-corrected chi connectivity index (χ3v) is 9.21. The molecule has 0 rings (SSSR count). The lowest BCUT2D eigenvalue weighted by atomic mass is 9.97. The molecule has 2 unspecified atom stereocenters. The number of ether oxygens (including phenoxy) is 3. The molecular weight excluding hydrogens is 644 g/mol. The van der Waals surface area contributed by atoms with Crippen LogP contribution in [0.4, 0.5) is 0 Å². The van der Waals surface area contributed by atoms with Crippen molar-refractivity contribution in [3.63, 3.8) is 0 Å². The number of allylic oxidation sites excluding steroid dienone is 4. The standard InChI is InChI=1S/C43H76O8/c1-5-7-9-11-13-15-17-19-21-23-28-32-40(44)49-35-39(51-42(46)34-37(3)30-26-25-27-31-38(4)43(47)48)36-50-41(45)33-29-24-22-20-18-16-14-12-10-8-6-2/h11-14,37-39H,5-10,15-36H2,1-4H3,(H,47,48)/b13-11-,14-12-.